The van der Waals surface area contributed by atoms with Gasteiger partial charge in [0.05, 0.1) is 23.4 Å². The smallest absolute Gasteiger partial charge is 0.416 e. The number of esters is 1. The van der Waals surface area contributed by atoms with Crippen molar-refractivity contribution in [3.63, 3.8) is 0 Å². The monoisotopic (exact) mass is 437 g/mol. The van der Waals surface area contributed by atoms with Crippen LogP contribution in [0.15, 0.2) is 48.5 Å². The SMILES string of the molecule is CCCCCCCCOCCOC(=O)c1ccccc1Nc1cccc(C(F)(F)F)c1. The summed E-state index contributed by atoms with van der Waals surface area (Å²) in [6.45, 7) is 3.25. The second kappa shape index (κ2) is 13.0. The van der Waals surface area contributed by atoms with E-state index in [-0.39, 0.29) is 17.9 Å². The van der Waals surface area contributed by atoms with Crippen LogP contribution in [0, 0.1) is 0 Å². The molecular formula is C24H30F3NO3. The molecule has 0 bridgehead atoms. The first-order valence-corrected chi connectivity index (χ1v) is 10.7. The van der Waals surface area contributed by atoms with Gasteiger partial charge in [0.25, 0.3) is 0 Å². The van der Waals surface area contributed by atoms with Crippen molar-refractivity contribution in [3.8, 4) is 0 Å². The molecule has 0 aliphatic heterocycles. The topological polar surface area (TPSA) is 47.6 Å². The molecule has 0 aliphatic carbocycles. The second-order valence-electron chi connectivity index (χ2n) is 7.27. The Morgan fingerprint density at radius 2 is 1.65 bits per heavy atom. The molecule has 0 radical (unpaired) electrons. The normalized spacial score (nSPS) is 11.4. The number of anilines is 2. The summed E-state index contributed by atoms with van der Waals surface area (Å²) >= 11 is 0. The molecule has 170 valence electrons. The summed E-state index contributed by atoms with van der Waals surface area (Å²) in [5.41, 5.74) is 0.0908. The Balaban J connectivity index is 1.80. The summed E-state index contributed by atoms with van der Waals surface area (Å²) in [6, 6.07) is 11.4. The Bertz CT molecular complexity index is 809. The van der Waals surface area contributed by atoms with Crippen molar-refractivity contribution in [2.45, 2.75) is 51.6 Å². The fourth-order valence-corrected chi connectivity index (χ4v) is 3.06. The molecule has 0 saturated carbocycles. The van der Waals surface area contributed by atoms with E-state index in [2.05, 4.69) is 12.2 Å². The van der Waals surface area contributed by atoms with Crippen LogP contribution in [0.2, 0.25) is 0 Å². The summed E-state index contributed by atoms with van der Waals surface area (Å²) in [6.07, 6.45) is 2.63. The zero-order valence-corrected chi connectivity index (χ0v) is 17.8. The molecule has 0 aromatic heterocycles. The number of hydrogen-bond acceptors (Lipinski definition) is 4. The third kappa shape index (κ3) is 9.00. The molecule has 0 spiro atoms. The Kier molecular flexibility index (Phi) is 10.4. The van der Waals surface area contributed by atoms with Crippen LogP contribution in [0.3, 0.4) is 0 Å². The van der Waals surface area contributed by atoms with Crippen molar-refractivity contribution in [2.75, 3.05) is 25.1 Å². The number of carbonyl (C=O) groups is 1. The van der Waals surface area contributed by atoms with E-state index in [1.165, 1.54) is 37.8 Å². The van der Waals surface area contributed by atoms with E-state index in [1.807, 2.05) is 0 Å². The lowest BCUT2D eigenvalue weighted by Crippen LogP contribution is -2.13. The molecule has 31 heavy (non-hydrogen) atoms. The van der Waals surface area contributed by atoms with E-state index in [1.54, 1.807) is 24.3 Å². The van der Waals surface area contributed by atoms with Gasteiger partial charge in [-0.3, -0.25) is 0 Å². The number of benzene rings is 2. The molecule has 0 aliphatic rings. The highest BCUT2D eigenvalue weighted by molar-refractivity contribution is 5.96. The standard InChI is InChI=1S/C24H30F3NO3/c1-2-3-4-5-6-9-15-30-16-17-31-23(29)21-13-7-8-14-22(21)28-20-12-10-11-19(18-20)24(25,26)27/h7-8,10-14,18,28H,2-6,9,15-17H2,1H3. The molecule has 2 aromatic rings. The van der Waals surface area contributed by atoms with Crippen LogP contribution in [0.1, 0.15) is 61.4 Å². The van der Waals surface area contributed by atoms with Crippen molar-refractivity contribution < 1.29 is 27.4 Å². The molecule has 0 fully saturated rings. The van der Waals surface area contributed by atoms with Gasteiger partial charge in [-0.05, 0) is 36.8 Å². The van der Waals surface area contributed by atoms with Gasteiger partial charge in [-0.25, -0.2) is 4.79 Å². The number of nitrogens with one attached hydrogen (secondary N) is 1. The summed E-state index contributed by atoms with van der Waals surface area (Å²) in [5, 5.41) is 2.87. The number of halogens is 3. The number of ether oxygens (including phenoxy) is 2. The Labute approximate surface area is 181 Å². The van der Waals surface area contributed by atoms with Crippen molar-refractivity contribution in [3.05, 3.63) is 59.7 Å². The van der Waals surface area contributed by atoms with E-state index in [4.69, 9.17) is 9.47 Å². The molecule has 0 heterocycles. The van der Waals surface area contributed by atoms with E-state index in [0.717, 1.165) is 25.0 Å². The lowest BCUT2D eigenvalue weighted by molar-refractivity contribution is -0.137. The zero-order valence-electron chi connectivity index (χ0n) is 17.8. The molecular weight excluding hydrogens is 407 g/mol. The van der Waals surface area contributed by atoms with E-state index in [0.29, 0.717) is 18.9 Å². The fourth-order valence-electron chi connectivity index (χ4n) is 3.06. The molecule has 0 amide bonds. The predicted molar refractivity (Wildman–Crippen MR) is 116 cm³/mol. The first-order valence-electron chi connectivity index (χ1n) is 10.7. The first kappa shape index (κ1) is 24.7. The maximum Gasteiger partial charge on any atom is 0.416 e. The quantitative estimate of drug-likeness (QED) is 0.271. The number of alkyl halides is 3. The summed E-state index contributed by atoms with van der Waals surface area (Å²) in [5.74, 6) is -0.557. The molecule has 7 heteroatoms. The Morgan fingerprint density at radius 3 is 2.42 bits per heavy atom. The van der Waals surface area contributed by atoms with Crippen molar-refractivity contribution >= 4 is 17.3 Å². The third-order valence-electron chi connectivity index (χ3n) is 4.72. The molecule has 0 saturated heterocycles. The average Bonchev–Trinajstić information content (AvgIpc) is 2.75. The highest BCUT2D eigenvalue weighted by Crippen LogP contribution is 2.32. The number of unbranched alkanes of at least 4 members (excludes halogenated alkanes) is 5. The summed E-state index contributed by atoms with van der Waals surface area (Å²) < 4.78 is 49.5. The van der Waals surface area contributed by atoms with E-state index in [9.17, 15) is 18.0 Å². The van der Waals surface area contributed by atoms with Gasteiger partial charge in [0.2, 0.25) is 0 Å². The molecule has 0 unspecified atom stereocenters. The van der Waals surface area contributed by atoms with Gasteiger partial charge < -0.3 is 14.8 Å². The number of carbonyl (C=O) groups excluding carboxylic acids is 1. The molecule has 4 nitrogen and oxygen atoms in total. The predicted octanol–water partition coefficient (Wildman–Crippen LogP) is 6.98. The maximum atomic E-state index is 12.9. The van der Waals surface area contributed by atoms with Gasteiger partial charge >= 0.3 is 12.1 Å². The summed E-state index contributed by atoms with van der Waals surface area (Å²) in [4.78, 5) is 12.4. The van der Waals surface area contributed by atoms with Gasteiger partial charge in [0.15, 0.2) is 0 Å². The number of rotatable bonds is 13. The molecule has 1 N–H and O–H groups in total. The van der Waals surface area contributed by atoms with E-state index >= 15 is 0 Å². The Morgan fingerprint density at radius 1 is 0.903 bits per heavy atom. The average molecular weight is 438 g/mol. The number of hydrogen-bond donors (Lipinski definition) is 1. The zero-order chi connectivity index (χ0) is 22.5. The molecule has 0 atom stereocenters. The third-order valence-corrected chi connectivity index (χ3v) is 4.72. The lowest BCUT2D eigenvalue weighted by atomic mass is 10.1. The maximum absolute atomic E-state index is 12.9. The van der Waals surface area contributed by atoms with Gasteiger partial charge in [-0.2, -0.15) is 13.2 Å². The van der Waals surface area contributed by atoms with Crippen LogP contribution in [-0.4, -0.2) is 25.8 Å². The van der Waals surface area contributed by atoms with Crippen LogP contribution in [0.25, 0.3) is 0 Å². The number of para-hydroxylation sites is 1. The van der Waals surface area contributed by atoms with Crippen LogP contribution < -0.4 is 5.32 Å². The van der Waals surface area contributed by atoms with Crippen molar-refractivity contribution in [1.29, 1.82) is 0 Å². The first-order chi connectivity index (χ1) is 14.9. The summed E-state index contributed by atoms with van der Waals surface area (Å²) in [7, 11) is 0. The largest absolute Gasteiger partial charge is 0.460 e. The van der Waals surface area contributed by atoms with Gasteiger partial charge in [0, 0.05) is 12.3 Å². The minimum atomic E-state index is -4.44. The van der Waals surface area contributed by atoms with Crippen LogP contribution in [-0.2, 0) is 15.7 Å². The van der Waals surface area contributed by atoms with Crippen LogP contribution >= 0.6 is 0 Å². The van der Waals surface area contributed by atoms with Crippen molar-refractivity contribution in [1.82, 2.24) is 0 Å². The van der Waals surface area contributed by atoms with Gasteiger partial charge in [0.1, 0.15) is 6.61 Å². The fraction of sp³-hybridized carbons (Fsp3) is 0.458. The minimum Gasteiger partial charge on any atom is -0.460 e. The van der Waals surface area contributed by atoms with Crippen LogP contribution in [0.5, 0.6) is 0 Å². The van der Waals surface area contributed by atoms with Crippen molar-refractivity contribution in [2.24, 2.45) is 0 Å². The second-order valence-corrected chi connectivity index (χ2v) is 7.27. The molecule has 2 rings (SSSR count). The van der Waals surface area contributed by atoms with Crippen LogP contribution in [0.4, 0.5) is 24.5 Å². The highest BCUT2D eigenvalue weighted by atomic mass is 19.4. The molecule has 2 aromatic carbocycles. The van der Waals surface area contributed by atoms with E-state index < -0.39 is 17.7 Å². The Hall–Kier alpha value is -2.54. The highest BCUT2D eigenvalue weighted by Gasteiger charge is 2.30. The van der Waals surface area contributed by atoms with Gasteiger partial charge in [-0.1, -0.05) is 57.2 Å². The lowest BCUT2D eigenvalue weighted by Gasteiger charge is -2.13. The van der Waals surface area contributed by atoms with Gasteiger partial charge in [-0.15, -0.1) is 0 Å². The minimum absolute atomic E-state index is 0.118.